The molecule has 1 aliphatic rings. The van der Waals surface area contributed by atoms with Gasteiger partial charge in [-0.25, -0.2) is 0 Å². The maximum absolute atomic E-state index is 12.0. The third-order valence-electron chi connectivity index (χ3n) is 2.44. The predicted octanol–water partition coefficient (Wildman–Crippen LogP) is 1.53. The molecule has 1 aromatic heterocycles. The average Bonchev–Trinajstić information content (AvgIpc) is 2.97. The SMILES string of the molecule is O=C(c1ccoc1Cl)N(CCO)C1CC1. The number of aliphatic hydroxyl groups excluding tert-OH is 1. The molecule has 4 nitrogen and oxygen atoms in total. The fourth-order valence-electron chi connectivity index (χ4n) is 1.54. The highest BCUT2D eigenvalue weighted by molar-refractivity contribution is 6.32. The summed E-state index contributed by atoms with van der Waals surface area (Å²) in [7, 11) is 0. The topological polar surface area (TPSA) is 53.7 Å². The van der Waals surface area contributed by atoms with Crippen LogP contribution in [0.5, 0.6) is 0 Å². The van der Waals surface area contributed by atoms with Crippen LogP contribution in [0.4, 0.5) is 0 Å². The van der Waals surface area contributed by atoms with Gasteiger partial charge in [-0.05, 0) is 30.5 Å². The average molecular weight is 230 g/mol. The summed E-state index contributed by atoms with van der Waals surface area (Å²) >= 11 is 5.73. The van der Waals surface area contributed by atoms with Gasteiger partial charge in [0.15, 0.2) is 0 Å². The second-order valence-corrected chi connectivity index (χ2v) is 3.90. The molecule has 1 saturated carbocycles. The van der Waals surface area contributed by atoms with Gasteiger partial charge < -0.3 is 14.4 Å². The third-order valence-corrected chi connectivity index (χ3v) is 2.73. The Kier molecular flexibility index (Phi) is 2.98. The Hall–Kier alpha value is -1.00. The quantitative estimate of drug-likeness (QED) is 0.852. The summed E-state index contributed by atoms with van der Waals surface area (Å²) in [4.78, 5) is 13.6. The molecule has 0 radical (unpaired) electrons. The zero-order valence-corrected chi connectivity index (χ0v) is 8.91. The molecule has 1 aromatic rings. The van der Waals surface area contributed by atoms with Gasteiger partial charge in [-0.1, -0.05) is 0 Å². The molecule has 2 rings (SSSR count). The number of carbonyl (C=O) groups excluding carboxylic acids is 1. The number of furan rings is 1. The van der Waals surface area contributed by atoms with Crippen molar-refractivity contribution in [1.29, 1.82) is 0 Å². The fraction of sp³-hybridized carbons (Fsp3) is 0.500. The van der Waals surface area contributed by atoms with E-state index in [-0.39, 0.29) is 23.8 Å². The second-order valence-electron chi connectivity index (χ2n) is 3.56. The van der Waals surface area contributed by atoms with E-state index in [0.29, 0.717) is 12.1 Å². The lowest BCUT2D eigenvalue weighted by molar-refractivity contribution is 0.0707. The van der Waals surface area contributed by atoms with Crippen molar-refractivity contribution in [3.05, 3.63) is 23.1 Å². The minimum Gasteiger partial charge on any atom is -0.452 e. The summed E-state index contributed by atoms with van der Waals surface area (Å²) < 4.78 is 4.87. The van der Waals surface area contributed by atoms with Crippen LogP contribution in [-0.4, -0.2) is 35.1 Å². The first-order valence-corrected chi connectivity index (χ1v) is 5.26. The van der Waals surface area contributed by atoms with Gasteiger partial charge in [0, 0.05) is 12.6 Å². The molecular weight excluding hydrogens is 218 g/mol. The standard InChI is InChI=1S/C10H12ClNO3/c11-9-8(3-6-15-9)10(14)12(4-5-13)7-1-2-7/h3,6-7,13H,1-2,4-5H2. The maximum atomic E-state index is 12.0. The Morgan fingerprint density at radius 3 is 2.87 bits per heavy atom. The van der Waals surface area contributed by atoms with Gasteiger partial charge in [-0.3, -0.25) is 4.79 Å². The minimum atomic E-state index is -0.162. The lowest BCUT2D eigenvalue weighted by atomic mass is 10.3. The smallest absolute Gasteiger partial charge is 0.259 e. The summed E-state index contributed by atoms with van der Waals surface area (Å²) in [6.45, 7) is 0.322. The van der Waals surface area contributed by atoms with Crippen molar-refractivity contribution in [2.75, 3.05) is 13.2 Å². The molecule has 1 fully saturated rings. The fourth-order valence-corrected chi connectivity index (χ4v) is 1.74. The van der Waals surface area contributed by atoms with Crippen molar-refractivity contribution < 1.29 is 14.3 Å². The van der Waals surface area contributed by atoms with Gasteiger partial charge in [-0.15, -0.1) is 0 Å². The van der Waals surface area contributed by atoms with E-state index in [4.69, 9.17) is 21.1 Å². The van der Waals surface area contributed by atoms with Crippen LogP contribution in [0, 0.1) is 0 Å². The monoisotopic (exact) mass is 229 g/mol. The van der Waals surface area contributed by atoms with Gasteiger partial charge >= 0.3 is 0 Å². The Morgan fingerprint density at radius 1 is 1.67 bits per heavy atom. The molecule has 5 heteroatoms. The number of halogens is 1. The van der Waals surface area contributed by atoms with Crippen LogP contribution in [0.3, 0.4) is 0 Å². The van der Waals surface area contributed by atoms with E-state index in [2.05, 4.69) is 0 Å². The predicted molar refractivity (Wildman–Crippen MR) is 54.9 cm³/mol. The van der Waals surface area contributed by atoms with E-state index in [1.54, 1.807) is 11.0 Å². The number of aliphatic hydroxyl groups is 1. The number of nitrogens with zero attached hydrogens (tertiary/aromatic N) is 1. The first-order chi connectivity index (χ1) is 7.24. The van der Waals surface area contributed by atoms with Crippen LogP contribution < -0.4 is 0 Å². The van der Waals surface area contributed by atoms with Crippen LogP contribution in [0.2, 0.25) is 5.22 Å². The Bertz CT molecular complexity index is 359. The van der Waals surface area contributed by atoms with Crippen LogP contribution in [0.1, 0.15) is 23.2 Å². The molecule has 0 saturated heterocycles. The van der Waals surface area contributed by atoms with E-state index >= 15 is 0 Å². The summed E-state index contributed by atoms with van der Waals surface area (Å²) in [6.07, 6.45) is 3.39. The first-order valence-electron chi connectivity index (χ1n) is 4.89. The van der Waals surface area contributed by atoms with Crippen molar-refractivity contribution >= 4 is 17.5 Å². The molecule has 1 amide bonds. The van der Waals surface area contributed by atoms with Crippen LogP contribution >= 0.6 is 11.6 Å². The first kappa shape index (κ1) is 10.5. The normalized spacial score (nSPS) is 15.3. The molecule has 0 bridgehead atoms. The van der Waals surface area contributed by atoms with E-state index in [0.717, 1.165) is 12.8 Å². The molecule has 0 atom stereocenters. The highest BCUT2D eigenvalue weighted by atomic mass is 35.5. The second kappa shape index (κ2) is 4.24. The number of hydrogen-bond donors (Lipinski definition) is 1. The Morgan fingerprint density at radius 2 is 2.40 bits per heavy atom. The molecule has 1 N–H and O–H groups in total. The van der Waals surface area contributed by atoms with Crippen LogP contribution in [0.15, 0.2) is 16.7 Å². The maximum Gasteiger partial charge on any atom is 0.259 e. The number of carbonyl (C=O) groups is 1. The summed E-state index contributed by atoms with van der Waals surface area (Å²) in [5.74, 6) is -0.162. The van der Waals surface area contributed by atoms with E-state index in [9.17, 15) is 4.79 Å². The lowest BCUT2D eigenvalue weighted by Crippen LogP contribution is -2.35. The molecule has 0 aromatic carbocycles. The molecule has 1 aliphatic carbocycles. The van der Waals surface area contributed by atoms with Crippen molar-refractivity contribution in [2.24, 2.45) is 0 Å². The minimum absolute atomic E-state index is 0.0300. The molecule has 82 valence electrons. The summed E-state index contributed by atoms with van der Waals surface area (Å²) in [5, 5.41) is 8.99. The summed E-state index contributed by atoms with van der Waals surface area (Å²) in [6, 6.07) is 1.81. The third kappa shape index (κ3) is 2.16. The lowest BCUT2D eigenvalue weighted by Gasteiger charge is -2.20. The molecule has 0 unspecified atom stereocenters. The molecule has 0 aliphatic heterocycles. The van der Waals surface area contributed by atoms with Crippen molar-refractivity contribution in [2.45, 2.75) is 18.9 Å². The zero-order chi connectivity index (χ0) is 10.8. The zero-order valence-electron chi connectivity index (χ0n) is 8.15. The Labute approximate surface area is 92.4 Å². The van der Waals surface area contributed by atoms with Gasteiger partial charge in [0.25, 0.3) is 5.91 Å². The van der Waals surface area contributed by atoms with Gasteiger partial charge in [-0.2, -0.15) is 0 Å². The van der Waals surface area contributed by atoms with E-state index < -0.39 is 0 Å². The molecule has 15 heavy (non-hydrogen) atoms. The van der Waals surface area contributed by atoms with E-state index in [1.807, 2.05) is 0 Å². The number of rotatable bonds is 4. The number of amides is 1. The molecular formula is C10H12ClNO3. The molecule has 0 spiro atoms. The highest BCUT2D eigenvalue weighted by Crippen LogP contribution is 2.29. The highest BCUT2D eigenvalue weighted by Gasteiger charge is 2.33. The van der Waals surface area contributed by atoms with Gasteiger partial charge in [0.2, 0.25) is 5.22 Å². The molecule has 1 heterocycles. The van der Waals surface area contributed by atoms with Gasteiger partial charge in [0.1, 0.15) is 0 Å². The Balaban J connectivity index is 2.14. The van der Waals surface area contributed by atoms with Crippen molar-refractivity contribution in [3.63, 3.8) is 0 Å². The van der Waals surface area contributed by atoms with Crippen LogP contribution in [0.25, 0.3) is 0 Å². The summed E-state index contributed by atoms with van der Waals surface area (Å²) in [5.41, 5.74) is 0.372. The number of hydrogen-bond acceptors (Lipinski definition) is 3. The van der Waals surface area contributed by atoms with E-state index in [1.165, 1.54) is 6.26 Å². The largest absolute Gasteiger partial charge is 0.452 e. The van der Waals surface area contributed by atoms with Gasteiger partial charge in [0.05, 0.1) is 18.4 Å². The van der Waals surface area contributed by atoms with Crippen LogP contribution in [-0.2, 0) is 0 Å². The van der Waals surface area contributed by atoms with Crippen molar-refractivity contribution in [3.8, 4) is 0 Å². The van der Waals surface area contributed by atoms with Crippen molar-refractivity contribution in [1.82, 2.24) is 4.90 Å².